The first-order valence-corrected chi connectivity index (χ1v) is 12.5. The first-order chi connectivity index (χ1) is 16.6. The molecule has 1 aliphatic carbocycles. The van der Waals surface area contributed by atoms with Gasteiger partial charge in [-0.25, -0.2) is 0 Å². The van der Waals surface area contributed by atoms with Gasteiger partial charge in [-0.15, -0.1) is 20.4 Å². The molecule has 8 nitrogen and oxygen atoms in total. The number of ether oxygens (including phenoxy) is 2. The summed E-state index contributed by atoms with van der Waals surface area (Å²) in [6.07, 6.45) is 2.24. The Morgan fingerprint density at radius 3 is 2.50 bits per heavy atom. The third-order valence-corrected chi connectivity index (χ3v) is 6.67. The van der Waals surface area contributed by atoms with Gasteiger partial charge in [0.25, 0.3) is 0 Å². The normalized spacial score (nSPS) is 13.3. The maximum atomic E-state index is 6.42. The van der Waals surface area contributed by atoms with Crippen molar-refractivity contribution in [3.63, 3.8) is 0 Å². The number of aromatic nitrogens is 5. The van der Waals surface area contributed by atoms with E-state index in [1.54, 1.807) is 0 Å². The Hall–Kier alpha value is -3.04. The van der Waals surface area contributed by atoms with Gasteiger partial charge in [0.05, 0.1) is 18.0 Å². The van der Waals surface area contributed by atoms with E-state index >= 15 is 0 Å². The number of hydrogen-bond donors (Lipinski definition) is 0. The number of rotatable bonds is 10. The third-order valence-electron chi connectivity index (χ3n) is 5.35. The lowest BCUT2D eigenvalue weighted by Gasteiger charge is -2.12. The van der Waals surface area contributed by atoms with Crippen LogP contribution in [0.1, 0.15) is 48.9 Å². The molecule has 5 rings (SSSR count). The zero-order valence-corrected chi connectivity index (χ0v) is 20.5. The number of hydrogen-bond acceptors (Lipinski definition) is 8. The Kier molecular flexibility index (Phi) is 6.73. The minimum Gasteiger partial charge on any atom is -0.494 e. The Morgan fingerprint density at radius 2 is 1.79 bits per heavy atom. The van der Waals surface area contributed by atoms with Gasteiger partial charge in [0.2, 0.25) is 11.8 Å². The SMILES string of the molecule is CCOc1ccc(OCc2nnc(SCc3nnc(C4CC4)o3)n2-c2ccc(C)c(Cl)c2)cc1. The number of benzene rings is 2. The molecule has 1 aliphatic rings. The summed E-state index contributed by atoms with van der Waals surface area (Å²) in [6, 6.07) is 13.4. The molecule has 0 radical (unpaired) electrons. The van der Waals surface area contributed by atoms with Gasteiger partial charge in [0.1, 0.15) is 18.1 Å². The van der Waals surface area contributed by atoms with Crippen molar-refractivity contribution in [2.75, 3.05) is 6.61 Å². The highest BCUT2D eigenvalue weighted by molar-refractivity contribution is 7.98. The molecule has 0 amide bonds. The fourth-order valence-corrected chi connectivity index (χ4v) is 4.34. The van der Waals surface area contributed by atoms with Crippen molar-refractivity contribution in [3.05, 3.63) is 70.7 Å². The molecule has 1 fully saturated rings. The highest BCUT2D eigenvalue weighted by Gasteiger charge is 2.29. The van der Waals surface area contributed by atoms with E-state index in [2.05, 4.69) is 20.4 Å². The lowest BCUT2D eigenvalue weighted by atomic mass is 10.2. The van der Waals surface area contributed by atoms with Gasteiger partial charge in [0.15, 0.2) is 11.0 Å². The predicted molar refractivity (Wildman–Crippen MR) is 129 cm³/mol. The Morgan fingerprint density at radius 1 is 1.03 bits per heavy atom. The first kappa shape index (κ1) is 22.7. The quantitative estimate of drug-likeness (QED) is 0.255. The molecular weight excluding hydrogens is 474 g/mol. The van der Waals surface area contributed by atoms with E-state index < -0.39 is 0 Å². The molecule has 0 atom stereocenters. The lowest BCUT2D eigenvalue weighted by Crippen LogP contribution is -2.07. The van der Waals surface area contributed by atoms with Gasteiger partial charge < -0.3 is 13.9 Å². The molecule has 10 heteroatoms. The lowest BCUT2D eigenvalue weighted by molar-refractivity contribution is 0.291. The van der Waals surface area contributed by atoms with Crippen LogP contribution >= 0.6 is 23.4 Å². The molecule has 0 aliphatic heterocycles. The summed E-state index contributed by atoms with van der Waals surface area (Å²) < 4.78 is 19.2. The largest absolute Gasteiger partial charge is 0.494 e. The van der Waals surface area contributed by atoms with E-state index in [9.17, 15) is 0 Å². The van der Waals surface area contributed by atoms with Crippen molar-refractivity contribution in [3.8, 4) is 17.2 Å². The molecule has 0 saturated heterocycles. The van der Waals surface area contributed by atoms with Crippen LogP contribution in [0.4, 0.5) is 0 Å². The van der Waals surface area contributed by atoms with E-state index in [0.717, 1.165) is 35.7 Å². The number of nitrogens with zero attached hydrogens (tertiary/aromatic N) is 5. The minimum atomic E-state index is 0.236. The van der Waals surface area contributed by atoms with Crippen LogP contribution in [-0.2, 0) is 12.4 Å². The van der Waals surface area contributed by atoms with Gasteiger partial charge in [-0.05, 0) is 68.7 Å². The predicted octanol–water partition coefficient (Wildman–Crippen LogP) is 5.76. The highest BCUT2D eigenvalue weighted by Crippen LogP contribution is 2.39. The highest BCUT2D eigenvalue weighted by atomic mass is 35.5. The summed E-state index contributed by atoms with van der Waals surface area (Å²) in [5.41, 5.74) is 1.86. The average molecular weight is 498 g/mol. The van der Waals surface area contributed by atoms with Crippen LogP contribution in [-0.4, -0.2) is 31.6 Å². The third kappa shape index (κ3) is 5.20. The van der Waals surface area contributed by atoms with Crippen LogP contribution < -0.4 is 9.47 Å². The minimum absolute atomic E-state index is 0.236. The molecule has 2 heterocycles. The van der Waals surface area contributed by atoms with Crippen molar-refractivity contribution in [2.24, 2.45) is 0 Å². The smallest absolute Gasteiger partial charge is 0.226 e. The van der Waals surface area contributed by atoms with E-state index in [-0.39, 0.29) is 6.61 Å². The average Bonchev–Trinajstić information content (AvgIpc) is 3.45. The monoisotopic (exact) mass is 497 g/mol. The molecule has 4 aromatic rings. The molecule has 34 heavy (non-hydrogen) atoms. The molecule has 2 aromatic carbocycles. The number of thioether (sulfide) groups is 1. The Labute approximate surface area is 206 Å². The maximum Gasteiger partial charge on any atom is 0.226 e. The summed E-state index contributed by atoms with van der Waals surface area (Å²) in [4.78, 5) is 0. The van der Waals surface area contributed by atoms with Crippen LogP contribution in [0.5, 0.6) is 11.5 Å². The van der Waals surface area contributed by atoms with Crippen LogP contribution in [0.15, 0.2) is 52.0 Å². The van der Waals surface area contributed by atoms with Crippen LogP contribution in [0.3, 0.4) is 0 Å². The standard InChI is InChI=1S/C24H24ClN5O3S/c1-3-31-18-8-10-19(11-9-18)32-13-21-26-29-24(30(21)17-7-4-15(2)20(25)12-17)34-14-22-27-28-23(33-22)16-5-6-16/h4,7-12,16H,3,5-6,13-14H2,1-2H3. The summed E-state index contributed by atoms with van der Waals surface area (Å²) >= 11 is 7.90. The first-order valence-electron chi connectivity index (χ1n) is 11.1. The van der Waals surface area contributed by atoms with E-state index in [0.29, 0.717) is 45.9 Å². The molecule has 1 saturated carbocycles. The Bertz CT molecular complexity index is 1270. The van der Waals surface area contributed by atoms with Crippen molar-refractivity contribution in [1.82, 2.24) is 25.0 Å². The fraction of sp³-hybridized carbons (Fsp3) is 0.333. The zero-order valence-electron chi connectivity index (χ0n) is 18.9. The molecule has 2 aromatic heterocycles. The van der Waals surface area contributed by atoms with Gasteiger partial charge >= 0.3 is 0 Å². The molecule has 0 spiro atoms. The van der Waals surface area contributed by atoms with Crippen molar-refractivity contribution in [2.45, 2.75) is 50.1 Å². The van der Waals surface area contributed by atoms with Crippen molar-refractivity contribution >= 4 is 23.4 Å². The van der Waals surface area contributed by atoms with E-state index in [4.69, 9.17) is 25.5 Å². The topological polar surface area (TPSA) is 88.1 Å². The fourth-order valence-electron chi connectivity index (χ4n) is 3.36. The van der Waals surface area contributed by atoms with Crippen LogP contribution in [0.2, 0.25) is 5.02 Å². The molecular formula is C24H24ClN5O3S. The summed E-state index contributed by atoms with van der Waals surface area (Å²) in [5.74, 6) is 4.40. The van der Waals surface area contributed by atoms with Crippen molar-refractivity contribution < 1.29 is 13.9 Å². The van der Waals surface area contributed by atoms with Gasteiger partial charge in [-0.1, -0.05) is 29.4 Å². The zero-order chi connectivity index (χ0) is 23.5. The van der Waals surface area contributed by atoms with Gasteiger partial charge in [0, 0.05) is 10.9 Å². The second-order valence-electron chi connectivity index (χ2n) is 7.96. The number of aryl methyl sites for hydroxylation is 1. The number of halogens is 1. The summed E-state index contributed by atoms with van der Waals surface area (Å²) in [6.45, 7) is 4.78. The molecule has 0 bridgehead atoms. The maximum absolute atomic E-state index is 6.42. The van der Waals surface area contributed by atoms with Gasteiger partial charge in [-0.2, -0.15) is 0 Å². The second kappa shape index (κ2) is 10.1. The van der Waals surface area contributed by atoms with E-state index in [1.807, 2.05) is 60.9 Å². The summed E-state index contributed by atoms with van der Waals surface area (Å²) in [7, 11) is 0. The molecule has 0 unspecified atom stereocenters. The van der Waals surface area contributed by atoms with Crippen LogP contribution in [0, 0.1) is 6.92 Å². The summed E-state index contributed by atoms with van der Waals surface area (Å²) in [5, 5.41) is 18.5. The Balaban J connectivity index is 1.36. The molecule has 0 N–H and O–H groups in total. The van der Waals surface area contributed by atoms with Crippen molar-refractivity contribution in [1.29, 1.82) is 0 Å². The molecule has 176 valence electrons. The van der Waals surface area contributed by atoms with E-state index in [1.165, 1.54) is 11.8 Å². The van der Waals surface area contributed by atoms with Crippen LogP contribution in [0.25, 0.3) is 5.69 Å². The second-order valence-corrected chi connectivity index (χ2v) is 9.31. The van der Waals surface area contributed by atoms with Gasteiger partial charge in [-0.3, -0.25) is 4.57 Å².